The Kier molecular flexibility index (Phi) is 3.85. The van der Waals surface area contributed by atoms with E-state index in [1.54, 1.807) is 0 Å². The average molecular weight is 187 g/mol. The maximum Gasteiger partial charge on any atom is 0.0895 e. The van der Waals surface area contributed by atoms with Crippen LogP contribution in [0.5, 0.6) is 0 Å². The predicted molar refractivity (Wildman–Crippen MR) is 56.4 cm³/mol. The van der Waals surface area contributed by atoms with Crippen molar-refractivity contribution in [1.29, 1.82) is 0 Å². The lowest BCUT2D eigenvalue weighted by Crippen LogP contribution is -2.18. The van der Waals surface area contributed by atoms with Gasteiger partial charge in [-0.1, -0.05) is 12.2 Å². The van der Waals surface area contributed by atoms with Gasteiger partial charge in [0.25, 0.3) is 0 Å². The van der Waals surface area contributed by atoms with E-state index in [1.807, 2.05) is 26.2 Å². The highest BCUT2D eigenvalue weighted by Crippen LogP contribution is 2.38. The molecule has 0 saturated carbocycles. The lowest BCUT2D eigenvalue weighted by molar-refractivity contribution is 0.231. The molecule has 70 valence electrons. The molecule has 1 rings (SSSR count). The summed E-state index contributed by atoms with van der Waals surface area (Å²) < 4.78 is 0. The van der Waals surface area contributed by atoms with Gasteiger partial charge in [0.15, 0.2) is 0 Å². The molecule has 0 spiro atoms. The molecule has 1 aliphatic heterocycles. The van der Waals surface area contributed by atoms with Crippen LogP contribution in [0.2, 0.25) is 0 Å². The van der Waals surface area contributed by atoms with Gasteiger partial charge in [-0.05, 0) is 31.3 Å². The van der Waals surface area contributed by atoms with E-state index >= 15 is 0 Å². The molecule has 1 heterocycles. The van der Waals surface area contributed by atoms with Gasteiger partial charge in [0.05, 0.1) is 5.44 Å². The first kappa shape index (κ1) is 9.84. The van der Waals surface area contributed by atoms with Gasteiger partial charge in [-0.3, -0.25) is 0 Å². The van der Waals surface area contributed by atoms with Crippen molar-refractivity contribution in [2.75, 3.05) is 20.6 Å². The lowest BCUT2D eigenvalue weighted by Gasteiger charge is -2.20. The Balaban J connectivity index is 2.23. The highest BCUT2D eigenvalue weighted by Gasteiger charge is 2.11. The largest absolute Gasteiger partial charge is 0.384 e. The van der Waals surface area contributed by atoms with Gasteiger partial charge in [-0.15, -0.1) is 0 Å². The molecule has 0 saturated heterocycles. The van der Waals surface area contributed by atoms with Gasteiger partial charge >= 0.3 is 0 Å². The van der Waals surface area contributed by atoms with Crippen molar-refractivity contribution in [3.8, 4) is 0 Å². The van der Waals surface area contributed by atoms with E-state index < -0.39 is 0 Å². The number of aliphatic hydroxyl groups is 1. The molecule has 2 nitrogen and oxygen atoms in total. The summed E-state index contributed by atoms with van der Waals surface area (Å²) in [6.45, 7) is 0.960. The van der Waals surface area contributed by atoms with Gasteiger partial charge < -0.3 is 10.0 Å². The molecule has 0 amide bonds. The van der Waals surface area contributed by atoms with Gasteiger partial charge in [0.2, 0.25) is 0 Å². The molecule has 0 fully saturated rings. The second-order valence-corrected chi connectivity index (χ2v) is 5.29. The van der Waals surface area contributed by atoms with Crippen molar-refractivity contribution < 1.29 is 5.11 Å². The first-order valence-corrected chi connectivity index (χ1v) is 5.70. The van der Waals surface area contributed by atoms with E-state index in [9.17, 15) is 5.11 Å². The Morgan fingerprint density at radius 1 is 1.33 bits per heavy atom. The summed E-state index contributed by atoms with van der Waals surface area (Å²) in [7, 11) is 3.69. The minimum absolute atomic E-state index is 0.155. The van der Waals surface area contributed by atoms with Crippen LogP contribution in [-0.2, 0) is 0 Å². The average Bonchev–Trinajstić information content (AvgIpc) is 2.51. The summed E-state index contributed by atoms with van der Waals surface area (Å²) >= 11 is 0. The molecule has 0 aliphatic carbocycles. The maximum absolute atomic E-state index is 9.70. The first-order chi connectivity index (χ1) is 5.70. The number of hydrogen-bond acceptors (Lipinski definition) is 2. The van der Waals surface area contributed by atoms with Crippen molar-refractivity contribution in [3.05, 3.63) is 23.0 Å². The molecule has 0 radical (unpaired) electrons. The van der Waals surface area contributed by atoms with Crippen LogP contribution in [0.25, 0.3) is 0 Å². The normalized spacial score (nSPS) is 20.8. The van der Waals surface area contributed by atoms with E-state index in [-0.39, 0.29) is 16.3 Å². The Morgan fingerprint density at radius 3 is 2.42 bits per heavy atom. The maximum atomic E-state index is 9.70. The van der Waals surface area contributed by atoms with Gasteiger partial charge in [0, 0.05) is 6.54 Å². The fourth-order valence-corrected chi connectivity index (χ4v) is 2.58. The first-order valence-electron chi connectivity index (χ1n) is 4.15. The topological polar surface area (TPSA) is 23.5 Å². The number of nitrogens with zero attached hydrogens (tertiary/aromatic N) is 1. The van der Waals surface area contributed by atoms with Gasteiger partial charge in [-0.2, -0.15) is 10.9 Å². The van der Waals surface area contributed by atoms with Crippen molar-refractivity contribution in [2.24, 2.45) is 0 Å². The quantitative estimate of drug-likeness (QED) is 0.648. The molecule has 1 N–H and O–H groups in total. The van der Waals surface area contributed by atoms with E-state index in [1.165, 1.54) is 0 Å². The minimum Gasteiger partial charge on any atom is -0.384 e. The highest BCUT2D eigenvalue weighted by atomic mass is 32.2. The second kappa shape index (κ2) is 4.70. The van der Waals surface area contributed by atoms with Crippen molar-refractivity contribution in [3.63, 3.8) is 0 Å². The standard InChI is InChI=1S/C9H17NOS/c1-10(2)6-5-9(11)12-7-3-4-8-12/h3-4,7-9,11-12H,5-6H2,1-2H3/t9-/m0/s1. The van der Waals surface area contributed by atoms with E-state index in [0.29, 0.717) is 0 Å². The SMILES string of the molecule is CN(C)CC[C@@H](O)[SH]1C=CC=C1. The summed E-state index contributed by atoms with van der Waals surface area (Å²) in [5.74, 6) is 0. The number of hydrogen-bond donors (Lipinski definition) is 2. The summed E-state index contributed by atoms with van der Waals surface area (Å²) in [6.07, 6.45) is 4.91. The zero-order chi connectivity index (χ0) is 8.97. The molecular weight excluding hydrogens is 170 g/mol. The predicted octanol–water partition coefficient (Wildman–Crippen LogP) is 1.30. The van der Waals surface area contributed by atoms with Crippen LogP contribution in [0.3, 0.4) is 0 Å². The Morgan fingerprint density at radius 2 is 1.92 bits per heavy atom. The van der Waals surface area contributed by atoms with Crippen LogP contribution in [0.1, 0.15) is 6.42 Å². The molecule has 0 aromatic carbocycles. The third-order valence-corrected chi connectivity index (χ3v) is 3.79. The summed E-state index contributed by atoms with van der Waals surface area (Å²) in [5, 5.41) is 13.9. The van der Waals surface area contributed by atoms with Crippen LogP contribution in [0.15, 0.2) is 23.0 Å². The molecule has 0 aromatic heterocycles. The van der Waals surface area contributed by atoms with Gasteiger partial charge in [-0.25, -0.2) is 0 Å². The smallest absolute Gasteiger partial charge is 0.0895 e. The van der Waals surface area contributed by atoms with Crippen LogP contribution >= 0.6 is 10.9 Å². The molecule has 0 aromatic rings. The van der Waals surface area contributed by atoms with E-state index in [0.717, 1.165) is 13.0 Å². The number of thiol groups is 1. The van der Waals surface area contributed by atoms with E-state index in [2.05, 4.69) is 15.7 Å². The fraction of sp³-hybridized carbons (Fsp3) is 0.556. The zero-order valence-corrected chi connectivity index (χ0v) is 8.54. The molecule has 0 bridgehead atoms. The molecule has 1 aliphatic rings. The lowest BCUT2D eigenvalue weighted by atomic mass is 10.4. The molecule has 0 unspecified atom stereocenters. The van der Waals surface area contributed by atoms with Gasteiger partial charge in [0.1, 0.15) is 0 Å². The summed E-state index contributed by atoms with van der Waals surface area (Å²) in [5.41, 5.74) is -0.155. The van der Waals surface area contributed by atoms with Crippen molar-refractivity contribution in [1.82, 2.24) is 4.90 Å². The second-order valence-electron chi connectivity index (χ2n) is 3.20. The third kappa shape index (κ3) is 3.01. The highest BCUT2D eigenvalue weighted by molar-refractivity contribution is 8.22. The molecule has 12 heavy (non-hydrogen) atoms. The molecule has 1 atom stereocenters. The summed E-state index contributed by atoms with van der Waals surface area (Å²) in [6, 6.07) is 0. The van der Waals surface area contributed by atoms with Crippen LogP contribution in [-0.4, -0.2) is 36.1 Å². The minimum atomic E-state index is -0.369. The monoisotopic (exact) mass is 187 g/mol. The Hall–Kier alpha value is -0.250. The summed E-state index contributed by atoms with van der Waals surface area (Å²) in [4.78, 5) is 2.10. The number of allylic oxidation sites excluding steroid dienone is 2. The Bertz CT molecular complexity index is 177. The zero-order valence-electron chi connectivity index (χ0n) is 7.64. The van der Waals surface area contributed by atoms with Crippen LogP contribution in [0, 0.1) is 0 Å². The molecule has 3 heteroatoms. The molecular formula is C9H17NOS. The van der Waals surface area contributed by atoms with Crippen molar-refractivity contribution >= 4 is 10.9 Å². The number of aliphatic hydroxyl groups excluding tert-OH is 1. The number of rotatable bonds is 4. The van der Waals surface area contributed by atoms with Crippen LogP contribution in [0.4, 0.5) is 0 Å². The van der Waals surface area contributed by atoms with Crippen LogP contribution < -0.4 is 0 Å². The Labute approximate surface area is 76.9 Å². The fourth-order valence-electron chi connectivity index (χ4n) is 1.07. The van der Waals surface area contributed by atoms with E-state index in [4.69, 9.17) is 0 Å². The van der Waals surface area contributed by atoms with Crippen molar-refractivity contribution in [2.45, 2.75) is 11.9 Å². The third-order valence-electron chi connectivity index (χ3n) is 1.81.